The molecule has 0 radical (unpaired) electrons. The van der Waals surface area contributed by atoms with Crippen molar-refractivity contribution in [3.63, 3.8) is 0 Å². The maximum atomic E-state index is 12.4. The molecule has 4 rings (SSSR count). The molecule has 4 aromatic rings. The average molecular weight is 541 g/mol. The van der Waals surface area contributed by atoms with Crippen LogP contribution in [0.5, 0.6) is 5.75 Å². The number of amides is 2. The molecule has 3 N–H and O–H groups in total. The van der Waals surface area contributed by atoms with Crippen LogP contribution in [0.25, 0.3) is 17.1 Å². The summed E-state index contributed by atoms with van der Waals surface area (Å²) in [5, 5.41) is 13.0. The van der Waals surface area contributed by atoms with E-state index >= 15 is 0 Å². The highest BCUT2D eigenvalue weighted by molar-refractivity contribution is 7.80. The molecule has 2 amide bonds. The number of aromatic nitrogens is 3. The van der Waals surface area contributed by atoms with Crippen LogP contribution in [0.3, 0.4) is 0 Å². The van der Waals surface area contributed by atoms with Gasteiger partial charge >= 0.3 is 12.4 Å². The van der Waals surface area contributed by atoms with Gasteiger partial charge in [0.25, 0.3) is 0 Å². The molecule has 196 valence electrons. The number of ether oxygens (including phenoxy) is 1. The molecule has 0 bridgehead atoms. The average Bonchev–Trinajstić information content (AvgIpc) is 3.38. The van der Waals surface area contributed by atoms with Crippen LogP contribution in [0, 0.1) is 0 Å². The molecular formula is C26H23F3N6O2S. The topological polar surface area (TPSA) is 93.1 Å². The molecule has 0 spiro atoms. The summed E-state index contributed by atoms with van der Waals surface area (Å²) in [5.41, 5.74) is 3.94. The van der Waals surface area contributed by atoms with Gasteiger partial charge in [-0.1, -0.05) is 43.3 Å². The van der Waals surface area contributed by atoms with Crippen molar-refractivity contribution in [3.8, 4) is 22.8 Å². The van der Waals surface area contributed by atoms with Gasteiger partial charge < -0.3 is 15.4 Å². The summed E-state index contributed by atoms with van der Waals surface area (Å²) in [6.45, 7) is 2.27. The Morgan fingerprint density at radius 1 is 1.05 bits per heavy atom. The molecule has 0 saturated heterocycles. The number of nitrogens with one attached hydrogen (secondary N) is 3. The van der Waals surface area contributed by atoms with Crippen molar-refractivity contribution < 1.29 is 22.7 Å². The molecular weight excluding hydrogens is 517 g/mol. The van der Waals surface area contributed by atoms with Gasteiger partial charge in [-0.3, -0.25) is 5.32 Å². The summed E-state index contributed by atoms with van der Waals surface area (Å²) in [5.74, 6) is 0.0834. The molecule has 0 saturated carbocycles. The number of hydrogen-bond acceptors (Lipinski definition) is 5. The third kappa shape index (κ3) is 7.29. The smallest absolute Gasteiger partial charge is 0.406 e. The van der Waals surface area contributed by atoms with Crippen LogP contribution >= 0.6 is 12.2 Å². The van der Waals surface area contributed by atoms with Gasteiger partial charge in [0.2, 0.25) is 0 Å². The molecule has 3 aromatic carbocycles. The van der Waals surface area contributed by atoms with Gasteiger partial charge in [0.15, 0.2) is 10.9 Å². The number of urea groups is 1. The van der Waals surface area contributed by atoms with Crippen LogP contribution in [0.2, 0.25) is 0 Å². The molecule has 38 heavy (non-hydrogen) atoms. The lowest BCUT2D eigenvalue weighted by atomic mass is 10.1. The lowest BCUT2D eigenvalue weighted by Gasteiger charge is -2.13. The largest absolute Gasteiger partial charge is 0.573 e. The number of carbonyl (C=O) groups excluding carboxylic acids is 1. The number of para-hydroxylation sites is 1. The van der Waals surface area contributed by atoms with Gasteiger partial charge in [-0.25, -0.2) is 14.5 Å². The first-order chi connectivity index (χ1) is 18.2. The van der Waals surface area contributed by atoms with Crippen LogP contribution in [0.1, 0.15) is 18.1 Å². The molecule has 0 aliphatic heterocycles. The number of anilines is 1. The zero-order chi connectivity index (χ0) is 27.1. The molecule has 0 atom stereocenters. The number of aryl methyl sites for hydroxylation is 1. The number of halogens is 3. The van der Waals surface area contributed by atoms with Crippen LogP contribution in [0.4, 0.5) is 23.7 Å². The molecule has 12 heteroatoms. The normalized spacial score (nSPS) is 11.1. The number of thiocarbonyl (C=S) groups is 1. The Balaban J connectivity index is 1.34. The fourth-order valence-corrected chi connectivity index (χ4v) is 3.78. The van der Waals surface area contributed by atoms with Gasteiger partial charge in [0.1, 0.15) is 12.1 Å². The van der Waals surface area contributed by atoms with Gasteiger partial charge in [0.05, 0.1) is 5.69 Å². The number of alkyl halides is 3. The SMILES string of the molecule is CCc1ccccc1NC(=S)NC(=O)NCc1cccc(-c2ncn(-c3ccc(OC(F)(F)F)cc3)n2)c1. The van der Waals surface area contributed by atoms with E-state index in [0.29, 0.717) is 17.1 Å². The van der Waals surface area contributed by atoms with Gasteiger partial charge in [-0.2, -0.15) is 0 Å². The Bertz CT molecular complexity index is 1420. The van der Waals surface area contributed by atoms with E-state index in [1.807, 2.05) is 55.5 Å². The van der Waals surface area contributed by atoms with E-state index in [0.717, 1.165) is 23.2 Å². The number of benzene rings is 3. The van der Waals surface area contributed by atoms with Crippen molar-refractivity contribution in [2.75, 3.05) is 5.32 Å². The van der Waals surface area contributed by atoms with Crippen LogP contribution in [0.15, 0.2) is 79.1 Å². The number of carbonyl (C=O) groups is 1. The van der Waals surface area contributed by atoms with E-state index in [9.17, 15) is 18.0 Å². The first kappa shape index (κ1) is 26.6. The van der Waals surface area contributed by atoms with Crippen LogP contribution < -0.4 is 20.7 Å². The van der Waals surface area contributed by atoms with E-state index in [2.05, 4.69) is 30.8 Å². The summed E-state index contributed by atoms with van der Waals surface area (Å²) in [4.78, 5) is 16.6. The standard InChI is InChI=1S/C26H23F3N6O2S/c1-2-18-7-3-4-9-22(18)32-25(38)33-24(36)30-15-17-6-5-8-19(14-17)23-31-16-35(34-23)20-10-12-21(13-11-20)37-26(27,28)29/h3-14,16H,2,15H2,1H3,(H3,30,32,33,36,38). The number of nitrogens with zero attached hydrogens (tertiary/aromatic N) is 3. The van der Waals surface area contributed by atoms with Crippen molar-refractivity contribution in [3.05, 3.63) is 90.3 Å². The Kier molecular flexibility index (Phi) is 8.22. The van der Waals surface area contributed by atoms with Crippen molar-refractivity contribution in [2.45, 2.75) is 26.3 Å². The first-order valence-corrected chi connectivity index (χ1v) is 11.9. The number of rotatable bonds is 7. The van der Waals surface area contributed by atoms with Gasteiger partial charge in [0, 0.05) is 17.8 Å². The second kappa shape index (κ2) is 11.7. The minimum Gasteiger partial charge on any atom is -0.406 e. The minimum atomic E-state index is -4.76. The molecule has 1 aromatic heterocycles. The summed E-state index contributed by atoms with van der Waals surface area (Å²) >= 11 is 5.25. The zero-order valence-corrected chi connectivity index (χ0v) is 20.9. The Hall–Kier alpha value is -4.45. The van der Waals surface area contributed by atoms with E-state index in [-0.39, 0.29) is 17.4 Å². The van der Waals surface area contributed by atoms with E-state index in [1.54, 1.807) is 0 Å². The fourth-order valence-electron chi connectivity index (χ4n) is 3.57. The molecule has 0 fully saturated rings. The summed E-state index contributed by atoms with van der Waals surface area (Å²) in [6.07, 6.45) is -2.48. The fraction of sp³-hybridized carbons (Fsp3) is 0.154. The summed E-state index contributed by atoms with van der Waals surface area (Å²) < 4.78 is 42.4. The molecule has 1 heterocycles. The lowest BCUT2D eigenvalue weighted by Crippen LogP contribution is -2.41. The predicted octanol–water partition coefficient (Wildman–Crippen LogP) is 5.59. The van der Waals surface area contributed by atoms with Crippen molar-refractivity contribution >= 4 is 29.0 Å². The highest BCUT2D eigenvalue weighted by atomic mass is 32.1. The first-order valence-electron chi connectivity index (χ1n) is 11.5. The maximum absolute atomic E-state index is 12.4. The number of hydrogen-bond donors (Lipinski definition) is 3. The predicted molar refractivity (Wildman–Crippen MR) is 141 cm³/mol. The third-order valence-electron chi connectivity index (χ3n) is 5.34. The van der Waals surface area contributed by atoms with Gasteiger partial charge in [-0.05, 0) is 66.2 Å². The van der Waals surface area contributed by atoms with Crippen LogP contribution in [-0.2, 0) is 13.0 Å². The Morgan fingerprint density at radius 2 is 1.82 bits per heavy atom. The molecule has 8 nitrogen and oxygen atoms in total. The van der Waals surface area contributed by atoms with Crippen molar-refractivity contribution in [2.24, 2.45) is 0 Å². The monoisotopic (exact) mass is 540 g/mol. The molecule has 0 unspecified atom stereocenters. The van der Waals surface area contributed by atoms with E-state index in [1.165, 1.54) is 35.3 Å². The van der Waals surface area contributed by atoms with Gasteiger partial charge in [-0.15, -0.1) is 18.3 Å². The molecule has 0 aliphatic carbocycles. The maximum Gasteiger partial charge on any atom is 0.573 e. The van der Waals surface area contributed by atoms with Crippen LogP contribution in [-0.4, -0.2) is 32.3 Å². The lowest BCUT2D eigenvalue weighted by molar-refractivity contribution is -0.274. The van der Waals surface area contributed by atoms with Crippen molar-refractivity contribution in [1.82, 2.24) is 25.4 Å². The molecule has 0 aliphatic rings. The quantitative estimate of drug-likeness (QED) is 0.265. The highest BCUT2D eigenvalue weighted by Gasteiger charge is 2.31. The van der Waals surface area contributed by atoms with Crippen molar-refractivity contribution in [1.29, 1.82) is 0 Å². The minimum absolute atomic E-state index is 0.185. The summed E-state index contributed by atoms with van der Waals surface area (Å²) in [6, 6.07) is 19.8. The Morgan fingerprint density at radius 3 is 2.55 bits per heavy atom. The zero-order valence-electron chi connectivity index (χ0n) is 20.1. The second-order valence-electron chi connectivity index (χ2n) is 8.03. The second-order valence-corrected chi connectivity index (χ2v) is 8.44. The third-order valence-corrected chi connectivity index (χ3v) is 5.54. The van der Waals surface area contributed by atoms with E-state index in [4.69, 9.17) is 12.2 Å². The Labute approximate surface area is 221 Å². The van der Waals surface area contributed by atoms with E-state index < -0.39 is 12.4 Å². The summed E-state index contributed by atoms with van der Waals surface area (Å²) in [7, 11) is 0. The highest BCUT2D eigenvalue weighted by Crippen LogP contribution is 2.24.